The van der Waals surface area contributed by atoms with Crippen LogP contribution in [0.3, 0.4) is 0 Å². The number of carbonyl (C=O) groups excluding carboxylic acids is 5. The zero-order valence-electron chi connectivity index (χ0n) is 22.3. The van der Waals surface area contributed by atoms with Crippen LogP contribution in [-0.4, -0.2) is 94.0 Å². The number of primary amides is 1. The number of benzene rings is 1. The van der Waals surface area contributed by atoms with Crippen LogP contribution in [0.1, 0.15) is 46.3 Å². The number of ketones is 4. The lowest BCUT2D eigenvalue weighted by atomic mass is 9.52. The third kappa shape index (κ3) is 3.59. The van der Waals surface area contributed by atoms with Crippen molar-refractivity contribution in [2.45, 2.75) is 56.5 Å². The van der Waals surface area contributed by atoms with Crippen molar-refractivity contribution >= 4 is 29.0 Å². The van der Waals surface area contributed by atoms with E-state index in [4.69, 9.17) is 10.5 Å². The molecule has 1 aromatic rings. The van der Waals surface area contributed by atoms with Crippen molar-refractivity contribution < 1.29 is 43.3 Å². The molecule has 2 aliphatic heterocycles. The van der Waals surface area contributed by atoms with Crippen LogP contribution >= 0.6 is 0 Å². The summed E-state index contributed by atoms with van der Waals surface area (Å²) in [5.74, 6) is -12.1. The predicted molar refractivity (Wildman–Crippen MR) is 134 cm³/mol. The quantitative estimate of drug-likeness (QED) is 0.411. The zero-order valence-corrected chi connectivity index (χ0v) is 22.3. The van der Waals surface area contributed by atoms with E-state index in [9.17, 15) is 34.2 Å². The first kappa shape index (κ1) is 27.1. The molecule has 214 valence electrons. The van der Waals surface area contributed by atoms with Gasteiger partial charge in [-0.3, -0.25) is 33.8 Å². The fourth-order valence-corrected chi connectivity index (χ4v) is 7.84. The van der Waals surface area contributed by atoms with Crippen molar-refractivity contribution in [2.75, 3.05) is 27.2 Å². The van der Waals surface area contributed by atoms with Crippen LogP contribution in [-0.2, 0) is 43.4 Å². The van der Waals surface area contributed by atoms with Crippen LogP contribution in [0.4, 0.5) is 4.39 Å². The minimum Gasteiger partial charge on any atom is -0.507 e. The number of rotatable bonds is 4. The molecule has 4 N–H and O–H groups in total. The van der Waals surface area contributed by atoms with Gasteiger partial charge in [0.1, 0.15) is 11.6 Å². The van der Waals surface area contributed by atoms with E-state index in [0.29, 0.717) is 18.7 Å². The third-order valence-electron chi connectivity index (χ3n) is 9.62. The van der Waals surface area contributed by atoms with Crippen LogP contribution in [0.25, 0.3) is 0 Å². The molecule has 3 aliphatic carbocycles. The second-order valence-electron chi connectivity index (χ2n) is 12.1. The number of hydrogen-bond donors (Lipinski definition) is 3. The van der Waals surface area contributed by atoms with Gasteiger partial charge in [-0.25, -0.2) is 4.39 Å². The monoisotopic (exact) mass is 557 g/mol. The number of ether oxygens (including phenoxy) is 1. The molecule has 11 nitrogen and oxygen atoms in total. The van der Waals surface area contributed by atoms with Gasteiger partial charge in [0.2, 0.25) is 5.91 Å². The molecular weight excluding hydrogens is 525 g/mol. The average molecular weight is 558 g/mol. The molecule has 2 saturated carbocycles. The van der Waals surface area contributed by atoms with Gasteiger partial charge in [-0.2, -0.15) is 0 Å². The SMILES string of the molecule is CN(C)[C@@H]1C(=O)C(C(N)=O)C(=O)[C@@]2(O)C(=O)C3C(=O)c4c(O)c5c(c(F)c4C[C@H]3C[C@@H]12)CN(C[C@H]1CCCO1)C5. The largest absolute Gasteiger partial charge is 0.507 e. The Kier molecular flexibility index (Phi) is 6.26. The Hall–Kier alpha value is -3.06. The standard InChI is InChI=1S/C28H32FN3O8/c1-31(2)21-16-7-11-6-13-18(22(33)15-10-32(9-14(15)20(13)29)8-12-4-3-5-40-12)23(34)17(11)25(36)28(16,39)26(37)19(24(21)35)27(30)38/h11-12,16-17,19,21,33,39H,3-10H2,1-2H3,(H2,30,38)/t11-,12+,16-,17?,19?,21-,28-/m0/s1. The van der Waals surface area contributed by atoms with Gasteiger partial charge in [-0.1, -0.05) is 0 Å². The molecular formula is C28H32FN3O8. The minimum absolute atomic E-state index is 0.00424. The first-order valence-corrected chi connectivity index (χ1v) is 13.6. The highest BCUT2D eigenvalue weighted by Crippen LogP contribution is 2.52. The van der Waals surface area contributed by atoms with Gasteiger partial charge in [-0.05, 0) is 45.7 Å². The lowest BCUT2D eigenvalue weighted by molar-refractivity contribution is -0.181. The van der Waals surface area contributed by atoms with Crippen molar-refractivity contribution in [2.24, 2.45) is 29.4 Å². The van der Waals surface area contributed by atoms with Crippen molar-refractivity contribution in [3.05, 3.63) is 28.1 Å². The van der Waals surface area contributed by atoms with Crippen molar-refractivity contribution in [3.63, 3.8) is 0 Å². The van der Waals surface area contributed by atoms with Crippen LogP contribution in [0.15, 0.2) is 0 Å². The summed E-state index contributed by atoms with van der Waals surface area (Å²) < 4.78 is 21.7. The summed E-state index contributed by atoms with van der Waals surface area (Å²) in [6.45, 7) is 1.67. The van der Waals surface area contributed by atoms with E-state index in [1.165, 1.54) is 19.0 Å². The Balaban J connectivity index is 1.40. The number of phenols is 1. The summed E-state index contributed by atoms with van der Waals surface area (Å²) >= 11 is 0. The fraction of sp³-hybridized carbons (Fsp3) is 0.607. The Morgan fingerprint density at radius 2 is 1.85 bits per heavy atom. The van der Waals surface area contributed by atoms with Crippen LogP contribution in [0, 0.1) is 29.5 Å². The number of Topliss-reactive ketones (excluding diaryl/α,β-unsaturated/α-hetero) is 4. The summed E-state index contributed by atoms with van der Waals surface area (Å²) in [7, 11) is 3.02. The van der Waals surface area contributed by atoms with Crippen LogP contribution < -0.4 is 5.73 Å². The Morgan fingerprint density at radius 3 is 2.48 bits per heavy atom. The topological polar surface area (TPSA) is 168 Å². The highest BCUT2D eigenvalue weighted by Gasteiger charge is 2.69. The molecule has 40 heavy (non-hydrogen) atoms. The maximum atomic E-state index is 16.0. The lowest BCUT2D eigenvalue weighted by Crippen LogP contribution is -2.74. The molecule has 5 aliphatic rings. The molecule has 0 radical (unpaired) electrons. The summed E-state index contributed by atoms with van der Waals surface area (Å²) in [6, 6.07) is -1.20. The Labute approximate surface area is 229 Å². The fourth-order valence-electron chi connectivity index (χ4n) is 7.84. The third-order valence-corrected chi connectivity index (χ3v) is 9.62. The summed E-state index contributed by atoms with van der Waals surface area (Å²) in [5.41, 5.74) is 2.81. The number of likely N-dealkylation sites (N-methyl/N-ethyl adjacent to an activating group) is 1. The zero-order chi connectivity index (χ0) is 28.8. The molecule has 2 heterocycles. The van der Waals surface area contributed by atoms with Crippen LogP contribution in [0.2, 0.25) is 0 Å². The van der Waals surface area contributed by atoms with E-state index in [2.05, 4.69) is 0 Å². The van der Waals surface area contributed by atoms with E-state index < -0.39 is 75.9 Å². The Morgan fingerprint density at radius 1 is 1.15 bits per heavy atom. The van der Waals surface area contributed by atoms with Crippen molar-refractivity contribution in [1.29, 1.82) is 0 Å². The average Bonchev–Trinajstić information content (AvgIpc) is 3.55. The van der Waals surface area contributed by atoms with Gasteiger partial charge in [-0.15, -0.1) is 0 Å². The number of carbonyl (C=O) groups is 5. The summed E-state index contributed by atoms with van der Waals surface area (Å²) in [5, 5.41) is 22.9. The number of hydrogen-bond acceptors (Lipinski definition) is 10. The normalized spacial score (nSPS) is 35.5. The number of amides is 1. The number of aliphatic hydroxyl groups is 1. The van der Waals surface area contributed by atoms with Gasteiger partial charge in [0.05, 0.1) is 23.6 Å². The Bertz CT molecular complexity index is 1370. The lowest BCUT2D eigenvalue weighted by Gasteiger charge is -2.52. The number of phenolic OH excluding ortho intramolecular Hbond substituents is 1. The molecule has 1 amide bonds. The van der Waals surface area contributed by atoms with E-state index in [-0.39, 0.29) is 48.7 Å². The first-order valence-electron chi connectivity index (χ1n) is 13.6. The molecule has 12 heteroatoms. The van der Waals surface area contributed by atoms with Gasteiger partial charge < -0.3 is 20.7 Å². The molecule has 7 atom stereocenters. The number of nitrogens with zero attached hydrogens (tertiary/aromatic N) is 2. The molecule has 3 fully saturated rings. The van der Waals surface area contributed by atoms with Gasteiger partial charge in [0.15, 0.2) is 34.7 Å². The minimum atomic E-state index is -2.81. The summed E-state index contributed by atoms with van der Waals surface area (Å²) in [4.78, 5) is 69.7. The van der Waals surface area contributed by atoms with E-state index >= 15 is 4.39 Å². The molecule has 0 aromatic heterocycles. The smallest absolute Gasteiger partial charge is 0.235 e. The second kappa shape index (κ2) is 9.23. The van der Waals surface area contributed by atoms with Gasteiger partial charge in [0, 0.05) is 48.8 Å². The van der Waals surface area contributed by atoms with Crippen LogP contribution in [0.5, 0.6) is 5.75 Å². The second-order valence-corrected chi connectivity index (χ2v) is 12.1. The highest BCUT2D eigenvalue weighted by molar-refractivity contribution is 6.32. The highest BCUT2D eigenvalue weighted by atomic mass is 19.1. The maximum Gasteiger partial charge on any atom is 0.235 e. The van der Waals surface area contributed by atoms with Crippen molar-refractivity contribution in [3.8, 4) is 5.75 Å². The van der Waals surface area contributed by atoms with Gasteiger partial charge >= 0.3 is 0 Å². The number of aromatic hydroxyl groups is 1. The number of halogens is 1. The predicted octanol–water partition coefficient (Wildman–Crippen LogP) is -0.499. The van der Waals surface area contributed by atoms with E-state index in [1.54, 1.807) is 0 Å². The summed E-state index contributed by atoms with van der Waals surface area (Å²) in [6.07, 6.45) is 1.63. The maximum absolute atomic E-state index is 16.0. The molecule has 1 saturated heterocycles. The van der Waals surface area contributed by atoms with E-state index in [0.717, 1.165) is 12.8 Å². The molecule has 6 rings (SSSR count). The number of nitrogens with two attached hydrogens (primary N) is 1. The molecule has 0 bridgehead atoms. The number of fused-ring (bicyclic) bond motifs is 4. The molecule has 1 aromatic carbocycles. The molecule has 2 unspecified atom stereocenters. The molecule has 0 spiro atoms. The van der Waals surface area contributed by atoms with E-state index in [1.807, 2.05) is 4.90 Å². The first-order chi connectivity index (χ1) is 18.9. The van der Waals surface area contributed by atoms with Gasteiger partial charge in [0.25, 0.3) is 0 Å². The van der Waals surface area contributed by atoms with Crippen molar-refractivity contribution in [1.82, 2.24) is 9.80 Å².